The van der Waals surface area contributed by atoms with Gasteiger partial charge in [0.2, 0.25) is 0 Å². The molecule has 0 radical (unpaired) electrons. The summed E-state index contributed by atoms with van der Waals surface area (Å²) in [6, 6.07) is -0.623. The Morgan fingerprint density at radius 1 is 0.896 bits per heavy atom. The van der Waals surface area contributed by atoms with Crippen molar-refractivity contribution in [2.45, 2.75) is 73.3 Å². The van der Waals surface area contributed by atoms with E-state index in [1.165, 1.54) is 13.2 Å². The molecule has 0 N–H and O–H groups in total. The van der Waals surface area contributed by atoms with Crippen LogP contribution in [0.2, 0.25) is 0 Å². The summed E-state index contributed by atoms with van der Waals surface area (Å²) in [4.78, 5) is 55.2. The number of nitrogens with zero attached hydrogens (tertiary/aromatic N) is 4. The van der Waals surface area contributed by atoms with Crippen LogP contribution in [0.5, 0.6) is 0 Å². The molecule has 3 aromatic heterocycles. The normalized spacial score (nSPS) is 21.3. The van der Waals surface area contributed by atoms with Crippen molar-refractivity contribution in [1.29, 1.82) is 0 Å². The molecule has 3 atom stereocenters. The predicted octanol–water partition coefficient (Wildman–Crippen LogP) is 1.97. The number of ether oxygens (including phenoxy) is 2. The molecule has 2 aliphatic heterocycles. The van der Waals surface area contributed by atoms with Gasteiger partial charge in [-0.15, -0.1) is 38.5 Å². The molecule has 0 amide bonds. The molecule has 48 heavy (non-hydrogen) atoms. The molecule has 5 heterocycles. The minimum atomic E-state index is -1.18. The molecule has 0 aromatic carbocycles. The number of aromatic nitrogens is 3. The summed E-state index contributed by atoms with van der Waals surface area (Å²) in [5.41, 5.74) is 9.34. The number of ketones is 1. The zero-order chi connectivity index (χ0) is 33.7. The summed E-state index contributed by atoms with van der Waals surface area (Å²) in [6.07, 6.45) is 9.63. The summed E-state index contributed by atoms with van der Waals surface area (Å²) < 4.78 is 10.5. The second-order valence-electron chi connectivity index (χ2n) is 12.5. The van der Waals surface area contributed by atoms with Gasteiger partial charge in [-0.1, -0.05) is 89.7 Å². The van der Waals surface area contributed by atoms with E-state index in [2.05, 4.69) is 40.3 Å². The van der Waals surface area contributed by atoms with Gasteiger partial charge in [0.05, 0.1) is 7.11 Å². The first-order valence-corrected chi connectivity index (χ1v) is 16.2. The van der Waals surface area contributed by atoms with Crippen molar-refractivity contribution in [3.05, 3.63) is 95.4 Å². The molecule has 0 saturated carbocycles. The van der Waals surface area contributed by atoms with Crippen molar-refractivity contribution in [3.63, 3.8) is 0 Å². The molecule has 9 nitrogen and oxygen atoms in total. The Morgan fingerprint density at radius 3 is 2.25 bits per heavy atom. The zero-order valence-corrected chi connectivity index (χ0v) is 30.2. The van der Waals surface area contributed by atoms with Crippen LogP contribution in [-0.4, -0.2) is 60.5 Å². The molecular formula is C38H40MgN4O5-2. The first kappa shape index (κ1) is 35.3. The number of methoxy groups -OCH3 is 1. The van der Waals surface area contributed by atoms with Crippen molar-refractivity contribution in [2.75, 3.05) is 13.7 Å². The average Bonchev–Trinajstić information content (AvgIpc) is 3.79. The smallest absolute Gasteiger partial charge is 0.678 e. The van der Waals surface area contributed by atoms with E-state index in [9.17, 15) is 14.4 Å². The third-order valence-corrected chi connectivity index (χ3v) is 10.0. The maximum Gasteiger partial charge on any atom is 2.00 e. The fourth-order valence-corrected chi connectivity index (χ4v) is 7.44. The maximum absolute atomic E-state index is 14.1. The van der Waals surface area contributed by atoms with Gasteiger partial charge in [-0.3, -0.25) is 14.4 Å². The van der Waals surface area contributed by atoms with Crippen LogP contribution >= 0.6 is 0 Å². The number of hydrogen-bond acceptors (Lipinski definition) is 5. The summed E-state index contributed by atoms with van der Waals surface area (Å²) in [5, 5.41) is 7.98. The van der Waals surface area contributed by atoms with Crippen LogP contribution in [0.4, 0.5) is 0 Å². The third-order valence-electron chi connectivity index (χ3n) is 10.0. The second kappa shape index (κ2) is 13.8. The van der Waals surface area contributed by atoms with Crippen LogP contribution < -0.4 is 36.3 Å². The predicted molar refractivity (Wildman–Crippen MR) is 185 cm³/mol. The Labute approximate surface area is 296 Å². The van der Waals surface area contributed by atoms with Gasteiger partial charge in [0.1, 0.15) is 12.5 Å². The van der Waals surface area contributed by atoms with Gasteiger partial charge in [-0.05, 0) is 52.9 Å². The molecule has 3 aliphatic rings. The van der Waals surface area contributed by atoms with Gasteiger partial charge in [-0.25, -0.2) is 0 Å². The zero-order valence-electron chi connectivity index (χ0n) is 28.8. The van der Waals surface area contributed by atoms with Crippen LogP contribution in [0.1, 0.15) is 83.2 Å². The van der Waals surface area contributed by atoms with Gasteiger partial charge in [0.25, 0.3) is 0 Å². The Bertz CT molecular complexity index is 2130. The van der Waals surface area contributed by atoms with Crippen molar-refractivity contribution in [3.8, 4) is 0 Å². The molecule has 8 bridgehead atoms. The first-order valence-electron chi connectivity index (χ1n) is 16.2. The van der Waals surface area contributed by atoms with E-state index in [1.54, 1.807) is 0 Å². The Hall–Kier alpha value is -4.02. The van der Waals surface area contributed by atoms with E-state index in [4.69, 9.17) is 29.7 Å². The number of fused-ring (bicyclic) bond motifs is 8. The maximum atomic E-state index is 14.1. The number of carbonyl (C=O) groups is 3. The third kappa shape index (κ3) is 5.72. The van der Waals surface area contributed by atoms with E-state index < -0.39 is 17.9 Å². The van der Waals surface area contributed by atoms with Crippen LogP contribution in [-0.2, 0) is 31.9 Å². The minimum absolute atomic E-state index is 0. The number of Topliss-reactive ketones (excluding diaryl/α,β-unsaturated/α-hetero) is 1. The van der Waals surface area contributed by atoms with E-state index in [-0.39, 0.29) is 53.8 Å². The van der Waals surface area contributed by atoms with Gasteiger partial charge < -0.3 is 29.7 Å². The van der Waals surface area contributed by atoms with Crippen LogP contribution in [0.15, 0.2) is 23.9 Å². The fourth-order valence-electron chi connectivity index (χ4n) is 7.44. The number of esters is 2. The van der Waals surface area contributed by atoms with E-state index in [0.29, 0.717) is 39.5 Å². The summed E-state index contributed by atoms with van der Waals surface area (Å²) >= 11 is 0. The Balaban J connectivity index is 0.00000451. The van der Waals surface area contributed by atoms with Crippen LogP contribution in [0, 0.1) is 32.6 Å². The molecule has 1 aliphatic carbocycles. The molecule has 6 rings (SSSR count). The Kier molecular flexibility index (Phi) is 10.2. The molecule has 1 unspecified atom stereocenters. The van der Waals surface area contributed by atoms with Crippen molar-refractivity contribution < 1.29 is 23.9 Å². The van der Waals surface area contributed by atoms with Gasteiger partial charge in [-0.2, -0.15) is 0 Å². The number of rotatable bonds is 8. The van der Waals surface area contributed by atoms with Crippen molar-refractivity contribution in [1.82, 2.24) is 15.0 Å². The average molecular weight is 657 g/mol. The topological polar surface area (TPSA) is 126 Å². The van der Waals surface area contributed by atoms with Gasteiger partial charge in [0, 0.05) is 12.0 Å². The minimum Gasteiger partial charge on any atom is -0.678 e. The van der Waals surface area contributed by atoms with Gasteiger partial charge >= 0.3 is 35.0 Å². The molecule has 246 valence electrons. The molecule has 0 fully saturated rings. The van der Waals surface area contributed by atoms with E-state index >= 15 is 0 Å². The summed E-state index contributed by atoms with van der Waals surface area (Å²) in [5.74, 6) is -2.81. The van der Waals surface area contributed by atoms with Crippen LogP contribution in [0.25, 0.3) is 29.1 Å². The molecular weight excluding hydrogens is 617 g/mol. The Morgan fingerprint density at radius 2 is 1.58 bits per heavy atom. The number of hydrogen-bond donors (Lipinski definition) is 0. The number of allylic oxidation sites excluding steroid dienone is 1. The first-order chi connectivity index (χ1) is 22.5. The van der Waals surface area contributed by atoms with Crippen molar-refractivity contribution >= 4 is 64.6 Å². The second-order valence-corrected chi connectivity index (χ2v) is 12.5. The number of carbonyl (C=O) groups excluding carboxylic acids is 3. The fraction of sp³-hybridized carbons (Fsp3) is 0.395. The van der Waals surface area contributed by atoms with Gasteiger partial charge in [0.15, 0.2) is 5.78 Å². The molecule has 0 saturated heterocycles. The quantitative estimate of drug-likeness (QED) is 0.156. The van der Waals surface area contributed by atoms with E-state index in [0.717, 1.165) is 62.8 Å². The standard InChI is InChI=1S/C38H41N4O5.Mg/c1-9-14-47-31(43)13-12-24-20(6)27-15-25-18(4)22(10-2)29(39-25)16-26-19(5)23(11-3)30(40-26)17-28-21(7)32-36(42-28)33(35(24)41-27)34(37(32)44)38(45)46-8;/h9,15-17,24,34-35H,1,10-14H2,2-8H3,(H-,39,40,44);/q-3;+2/p-1/b25-15-;/t24-,34+,35?;/m0./s1. The SMILES string of the molecule is C=CCOC(=O)CC[C@H]1C(C)=C2/C=c3\[n-]/c(c(CC)c3C)=C\c3[n-]c(c(CC)c3C)/C=c3\[n-]c4c(c3C)C(=O)[C@H](C(=O)OC)C=4C1[N-]2.[Mg+2]. The van der Waals surface area contributed by atoms with Crippen LogP contribution in [0.3, 0.4) is 0 Å². The summed E-state index contributed by atoms with van der Waals surface area (Å²) in [6.45, 7) is 16.0. The summed E-state index contributed by atoms with van der Waals surface area (Å²) in [7, 11) is 1.28. The molecule has 10 heteroatoms. The monoisotopic (exact) mass is 656 g/mol. The molecule has 3 aromatic rings. The largest absolute Gasteiger partial charge is 2.00 e. The van der Waals surface area contributed by atoms with Crippen molar-refractivity contribution in [2.24, 2.45) is 11.8 Å². The van der Waals surface area contributed by atoms with E-state index in [1.807, 2.05) is 26.0 Å². The molecule has 0 spiro atoms.